The summed E-state index contributed by atoms with van der Waals surface area (Å²) in [6.07, 6.45) is 5.34. The van der Waals surface area contributed by atoms with E-state index in [2.05, 4.69) is 57.5 Å². The summed E-state index contributed by atoms with van der Waals surface area (Å²) < 4.78 is 1.22. The molecule has 18 heavy (non-hydrogen) atoms. The van der Waals surface area contributed by atoms with Crippen LogP contribution in [0.25, 0.3) is 0 Å². The van der Waals surface area contributed by atoms with Gasteiger partial charge in [-0.2, -0.15) is 0 Å². The summed E-state index contributed by atoms with van der Waals surface area (Å²) >= 11 is 3.61. The number of hydrogen-bond acceptors (Lipinski definition) is 2. The van der Waals surface area contributed by atoms with Crippen LogP contribution in [0.15, 0.2) is 28.7 Å². The van der Waals surface area contributed by atoms with E-state index >= 15 is 0 Å². The van der Waals surface area contributed by atoms with Crippen molar-refractivity contribution in [2.24, 2.45) is 0 Å². The van der Waals surface area contributed by atoms with Gasteiger partial charge in [-0.3, -0.25) is 0 Å². The molecule has 0 bridgehead atoms. The number of nitrogens with one attached hydrogen (secondary N) is 1. The molecule has 2 nitrogen and oxygen atoms in total. The highest BCUT2D eigenvalue weighted by Gasteiger charge is 2.13. The maximum Gasteiger partial charge on any atom is 0.0241 e. The smallest absolute Gasteiger partial charge is 0.0241 e. The molecule has 1 N–H and O–H groups in total. The average Bonchev–Trinajstić information content (AvgIpc) is 2.85. The fourth-order valence-electron chi connectivity index (χ4n) is 2.61. The molecule has 2 rings (SSSR count). The largest absolute Gasteiger partial charge is 0.314 e. The number of benzene rings is 1. The van der Waals surface area contributed by atoms with E-state index in [1.54, 1.807) is 0 Å². The monoisotopic (exact) mass is 310 g/mol. The minimum atomic E-state index is 0.780. The van der Waals surface area contributed by atoms with Gasteiger partial charge in [-0.05, 0) is 57.5 Å². The first-order valence-electron chi connectivity index (χ1n) is 6.91. The molecule has 0 amide bonds. The molecule has 0 spiro atoms. The fraction of sp³-hybridized carbons (Fsp3) is 0.600. The van der Waals surface area contributed by atoms with E-state index in [0.29, 0.717) is 0 Å². The number of rotatable bonds is 6. The number of hydrogen-bond donors (Lipinski definition) is 1. The van der Waals surface area contributed by atoms with Crippen LogP contribution in [0.2, 0.25) is 0 Å². The Bertz CT molecular complexity index is 361. The SMILES string of the molecule is CN(CCCC1CCCN1)Cc1ccccc1Br. The van der Waals surface area contributed by atoms with Crippen molar-refractivity contribution in [3.05, 3.63) is 34.3 Å². The Balaban J connectivity index is 1.68. The molecular weight excluding hydrogens is 288 g/mol. The van der Waals surface area contributed by atoms with Gasteiger partial charge in [0.15, 0.2) is 0 Å². The van der Waals surface area contributed by atoms with Crippen molar-refractivity contribution in [3.63, 3.8) is 0 Å². The van der Waals surface area contributed by atoms with Gasteiger partial charge in [-0.1, -0.05) is 34.1 Å². The van der Waals surface area contributed by atoms with Crippen molar-refractivity contribution in [1.29, 1.82) is 0 Å². The molecule has 1 aliphatic rings. The molecule has 0 saturated carbocycles. The first kappa shape index (κ1) is 14.0. The summed E-state index contributed by atoms with van der Waals surface area (Å²) in [5, 5.41) is 3.56. The first-order valence-corrected chi connectivity index (χ1v) is 7.70. The van der Waals surface area contributed by atoms with E-state index in [-0.39, 0.29) is 0 Å². The van der Waals surface area contributed by atoms with Gasteiger partial charge in [-0.25, -0.2) is 0 Å². The molecule has 0 aromatic heterocycles. The molecule has 0 radical (unpaired) electrons. The zero-order chi connectivity index (χ0) is 12.8. The predicted octanol–water partition coefficient (Wildman–Crippen LogP) is 3.41. The van der Waals surface area contributed by atoms with E-state index < -0.39 is 0 Å². The summed E-state index contributed by atoms with van der Waals surface area (Å²) in [4.78, 5) is 2.41. The van der Waals surface area contributed by atoms with Crippen LogP contribution in [0.4, 0.5) is 0 Å². The maximum absolute atomic E-state index is 3.61. The Hall–Kier alpha value is -0.380. The van der Waals surface area contributed by atoms with Crippen LogP contribution in [0.3, 0.4) is 0 Å². The Morgan fingerprint density at radius 3 is 2.94 bits per heavy atom. The molecule has 1 aromatic carbocycles. The number of nitrogens with zero attached hydrogens (tertiary/aromatic N) is 1. The summed E-state index contributed by atoms with van der Waals surface area (Å²) in [6, 6.07) is 9.27. The van der Waals surface area contributed by atoms with Crippen LogP contribution in [0.5, 0.6) is 0 Å². The van der Waals surface area contributed by atoms with E-state index in [0.717, 1.165) is 12.6 Å². The second-order valence-electron chi connectivity index (χ2n) is 5.26. The Morgan fingerprint density at radius 2 is 2.22 bits per heavy atom. The van der Waals surface area contributed by atoms with Crippen LogP contribution in [0.1, 0.15) is 31.2 Å². The van der Waals surface area contributed by atoms with Crippen LogP contribution >= 0.6 is 15.9 Å². The van der Waals surface area contributed by atoms with Crippen LogP contribution in [-0.2, 0) is 6.54 Å². The van der Waals surface area contributed by atoms with Crippen LogP contribution < -0.4 is 5.32 Å². The van der Waals surface area contributed by atoms with Crippen molar-refractivity contribution in [2.75, 3.05) is 20.1 Å². The summed E-state index contributed by atoms with van der Waals surface area (Å²) in [6.45, 7) is 3.43. The molecule has 1 unspecified atom stereocenters. The molecule has 1 atom stereocenters. The van der Waals surface area contributed by atoms with Gasteiger partial charge in [0.05, 0.1) is 0 Å². The maximum atomic E-state index is 3.61. The van der Waals surface area contributed by atoms with Crippen LogP contribution in [-0.4, -0.2) is 31.1 Å². The highest BCUT2D eigenvalue weighted by molar-refractivity contribution is 9.10. The zero-order valence-corrected chi connectivity index (χ0v) is 12.7. The molecule has 1 fully saturated rings. The van der Waals surface area contributed by atoms with Gasteiger partial charge in [0.25, 0.3) is 0 Å². The summed E-state index contributed by atoms with van der Waals surface area (Å²) in [7, 11) is 2.21. The molecule has 1 aliphatic heterocycles. The molecule has 0 aliphatic carbocycles. The third-order valence-electron chi connectivity index (χ3n) is 3.65. The molecule has 3 heteroatoms. The lowest BCUT2D eigenvalue weighted by Gasteiger charge is -2.18. The topological polar surface area (TPSA) is 15.3 Å². The van der Waals surface area contributed by atoms with Gasteiger partial charge >= 0.3 is 0 Å². The Kier molecular flexibility index (Phi) is 5.67. The normalized spacial score (nSPS) is 19.6. The Morgan fingerprint density at radius 1 is 1.39 bits per heavy atom. The van der Waals surface area contributed by atoms with Gasteiger partial charge in [0.2, 0.25) is 0 Å². The van der Waals surface area contributed by atoms with Gasteiger partial charge < -0.3 is 10.2 Å². The molecule has 100 valence electrons. The third kappa shape index (κ3) is 4.38. The summed E-state index contributed by atoms with van der Waals surface area (Å²) in [5.74, 6) is 0. The van der Waals surface area contributed by atoms with E-state index in [9.17, 15) is 0 Å². The fourth-order valence-corrected chi connectivity index (χ4v) is 3.02. The highest BCUT2D eigenvalue weighted by atomic mass is 79.9. The van der Waals surface area contributed by atoms with Gasteiger partial charge in [0.1, 0.15) is 0 Å². The van der Waals surface area contributed by atoms with Crippen molar-refractivity contribution in [2.45, 2.75) is 38.3 Å². The lowest BCUT2D eigenvalue weighted by Crippen LogP contribution is -2.24. The van der Waals surface area contributed by atoms with Crippen molar-refractivity contribution in [1.82, 2.24) is 10.2 Å². The standard InChI is InChI=1S/C15H23BrN2/c1-18(11-5-8-14-7-4-10-17-14)12-13-6-2-3-9-15(13)16/h2-3,6,9,14,17H,4-5,7-8,10-12H2,1H3. The molecule has 1 aromatic rings. The predicted molar refractivity (Wildman–Crippen MR) is 80.7 cm³/mol. The van der Waals surface area contributed by atoms with Gasteiger partial charge in [-0.15, -0.1) is 0 Å². The van der Waals surface area contributed by atoms with Crippen LogP contribution in [0, 0.1) is 0 Å². The molecule has 1 saturated heterocycles. The number of halogens is 1. The quantitative estimate of drug-likeness (QED) is 0.866. The highest BCUT2D eigenvalue weighted by Crippen LogP contribution is 2.17. The van der Waals surface area contributed by atoms with Crippen molar-refractivity contribution in [3.8, 4) is 0 Å². The van der Waals surface area contributed by atoms with Gasteiger partial charge in [0, 0.05) is 17.1 Å². The van der Waals surface area contributed by atoms with Crippen molar-refractivity contribution < 1.29 is 0 Å². The first-order chi connectivity index (χ1) is 8.75. The molecular formula is C15H23BrN2. The molecule has 1 heterocycles. The van der Waals surface area contributed by atoms with E-state index in [1.165, 1.54) is 48.8 Å². The van der Waals surface area contributed by atoms with E-state index in [1.807, 2.05) is 0 Å². The Labute approximate surface area is 119 Å². The minimum absolute atomic E-state index is 0.780. The minimum Gasteiger partial charge on any atom is -0.314 e. The lowest BCUT2D eigenvalue weighted by atomic mass is 10.1. The van der Waals surface area contributed by atoms with E-state index in [4.69, 9.17) is 0 Å². The third-order valence-corrected chi connectivity index (χ3v) is 4.43. The second-order valence-corrected chi connectivity index (χ2v) is 6.12. The van der Waals surface area contributed by atoms with Crippen molar-refractivity contribution >= 4 is 15.9 Å². The summed E-state index contributed by atoms with van der Waals surface area (Å²) in [5.41, 5.74) is 1.37. The average molecular weight is 311 g/mol. The zero-order valence-electron chi connectivity index (χ0n) is 11.2. The lowest BCUT2D eigenvalue weighted by molar-refractivity contribution is 0.311. The second kappa shape index (κ2) is 7.27.